The van der Waals surface area contributed by atoms with E-state index >= 15 is 0 Å². The maximum Gasteiger partial charge on any atom is 0.194 e. The summed E-state index contributed by atoms with van der Waals surface area (Å²) in [6.45, 7) is 2.07. The van der Waals surface area contributed by atoms with E-state index in [1.54, 1.807) is 6.92 Å². The van der Waals surface area contributed by atoms with E-state index in [0.717, 1.165) is 12.1 Å². The minimum absolute atomic E-state index is 0.180. The number of aliphatic hydroxyl groups is 1. The fraction of sp³-hybridized carbons (Fsp3) is 0.400. The van der Waals surface area contributed by atoms with Gasteiger partial charge in [-0.25, -0.2) is 13.2 Å². The lowest BCUT2D eigenvalue weighted by molar-refractivity contribution is 0.191. The standard InChI is InChI=1S/C10H12F3NO/c1-6(15)4-14-5-7-2-8(11)10(13)9(12)3-7/h2-3,6,14-15H,4-5H2,1H3/t6-/m1/s1. The van der Waals surface area contributed by atoms with Crippen molar-refractivity contribution in [2.75, 3.05) is 6.54 Å². The van der Waals surface area contributed by atoms with E-state index < -0.39 is 23.6 Å². The highest BCUT2D eigenvalue weighted by Gasteiger charge is 2.10. The Hall–Kier alpha value is -1.07. The lowest BCUT2D eigenvalue weighted by Crippen LogP contribution is -2.24. The zero-order chi connectivity index (χ0) is 11.4. The van der Waals surface area contributed by atoms with E-state index in [0.29, 0.717) is 12.1 Å². The van der Waals surface area contributed by atoms with Gasteiger partial charge in [-0.2, -0.15) is 0 Å². The van der Waals surface area contributed by atoms with Gasteiger partial charge in [0.05, 0.1) is 6.10 Å². The molecule has 0 saturated heterocycles. The van der Waals surface area contributed by atoms with Crippen molar-refractivity contribution in [2.45, 2.75) is 19.6 Å². The highest BCUT2D eigenvalue weighted by atomic mass is 19.2. The van der Waals surface area contributed by atoms with E-state index in [4.69, 9.17) is 5.11 Å². The summed E-state index contributed by atoms with van der Waals surface area (Å²) in [5, 5.41) is 11.7. The molecule has 0 aliphatic heterocycles. The van der Waals surface area contributed by atoms with Crippen molar-refractivity contribution in [3.63, 3.8) is 0 Å². The molecule has 15 heavy (non-hydrogen) atoms. The van der Waals surface area contributed by atoms with Crippen LogP contribution in [0.5, 0.6) is 0 Å². The lowest BCUT2D eigenvalue weighted by Gasteiger charge is -2.07. The van der Waals surface area contributed by atoms with Crippen LogP contribution in [0.4, 0.5) is 13.2 Å². The molecular weight excluding hydrogens is 207 g/mol. The van der Waals surface area contributed by atoms with Gasteiger partial charge in [0.1, 0.15) is 0 Å². The first-order chi connectivity index (χ1) is 7.00. The molecule has 1 rings (SSSR count). The van der Waals surface area contributed by atoms with Gasteiger partial charge in [-0.3, -0.25) is 0 Å². The molecule has 0 aliphatic carbocycles. The molecule has 2 N–H and O–H groups in total. The molecule has 0 unspecified atom stereocenters. The summed E-state index contributed by atoms with van der Waals surface area (Å²) < 4.78 is 38.0. The van der Waals surface area contributed by atoms with E-state index in [9.17, 15) is 13.2 Å². The number of benzene rings is 1. The Balaban J connectivity index is 2.63. The Labute approximate surface area is 85.7 Å². The van der Waals surface area contributed by atoms with Crippen LogP contribution in [-0.4, -0.2) is 17.8 Å². The molecule has 1 aromatic rings. The SMILES string of the molecule is C[C@@H](O)CNCc1cc(F)c(F)c(F)c1. The largest absolute Gasteiger partial charge is 0.392 e. The summed E-state index contributed by atoms with van der Waals surface area (Å²) in [7, 11) is 0. The van der Waals surface area contributed by atoms with Gasteiger partial charge in [0.2, 0.25) is 0 Å². The molecule has 0 aliphatic rings. The van der Waals surface area contributed by atoms with Gasteiger partial charge in [-0.05, 0) is 24.6 Å². The lowest BCUT2D eigenvalue weighted by atomic mass is 10.2. The smallest absolute Gasteiger partial charge is 0.194 e. The van der Waals surface area contributed by atoms with Gasteiger partial charge >= 0.3 is 0 Å². The van der Waals surface area contributed by atoms with Crippen molar-refractivity contribution in [2.24, 2.45) is 0 Å². The molecule has 0 spiro atoms. The second kappa shape index (κ2) is 5.14. The monoisotopic (exact) mass is 219 g/mol. The minimum Gasteiger partial charge on any atom is -0.392 e. The first-order valence-corrected chi connectivity index (χ1v) is 4.53. The third kappa shape index (κ3) is 3.53. The van der Waals surface area contributed by atoms with Crippen LogP contribution in [0.25, 0.3) is 0 Å². The van der Waals surface area contributed by atoms with Crippen LogP contribution < -0.4 is 5.32 Å². The van der Waals surface area contributed by atoms with Crippen LogP contribution in [0.1, 0.15) is 12.5 Å². The van der Waals surface area contributed by atoms with Crippen molar-refractivity contribution < 1.29 is 18.3 Å². The Bertz CT molecular complexity index is 318. The average Bonchev–Trinajstić information content (AvgIpc) is 2.13. The number of rotatable bonds is 4. The highest BCUT2D eigenvalue weighted by molar-refractivity contribution is 5.19. The summed E-state index contributed by atoms with van der Waals surface area (Å²) in [6.07, 6.45) is -0.542. The van der Waals surface area contributed by atoms with Gasteiger partial charge < -0.3 is 10.4 Å². The number of aliphatic hydroxyl groups excluding tert-OH is 1. The zero-order valence-electron chi connectivity index (χ0n) is 8.23. The Kier molecular flexibility index (Phi) is 4.11. The molecular formula is C10H12F3NO. The summed E-state index contributed by atoms with van der Waals surface area (Å²) in [6, 6.07) is 1.85. The molecule has 0 radical (unpaired) electrons. The summed E-state index contributed by atoms with van der Waals surface area (Å²) in [5.41, 5.74) is 0.298. The normalized spacial score (nSPS) is 12.9. The molecule has 84 valence electrons. The summed E-state index contributed by atoms with van der Waals surface area (Å²) >= 11 is 0. The Morgan fingerprint density at radius 1 is 1.27 bits per heavy atom. The first-order valence-electron chi connectivity index (χ1n) is 4.53. The van der Waals surface area contributed by atoms with E-state index in [-0.39, 0.29) is 6.54 Å². The molecule has 0 aromatic heterocycles. The van der Waals surface area contributed by atoms with Crippen molar-refractivity contribution in [1.82, 2.24) is 5.32 Å². The van der Waals surface area contributed by atoms with Crippen LogP contribution in [0.15, 0.2) is 12.1 Å². The summed E-state index contributed by atoms with van der Waals surface area (Å²) in [5.74, 6) is -3.87. The highest BCUT2D eigenvalue weighted by Crippen LogP contribution is 2.13. The molecule has 0 heterocycles. The van der Waals surface area contributed by atoms with Gasteiger partial charge in [0.15, 0.2) is 17.5 Å². The topological polar surface area (TPSA) is 32.3 Å². The van der Waals surface area contributed by atoms with Crippen LogP contribution >= 0.6 is 0 Å². The Morgan fingerprint density at radius 2 is 1.80 bits per heavy atom. The van der Waals surface area contributed by atoms with Crippen LogP contribution in [0, 0.1) is 17.5 Å². The van der Waals surface area contributed by atoms with Gasteiger partial charge in [0.25, 0.3) is 0 Å². The quantitative estimate of drug-likeness (QED) is 0.753. The molecule has 5 heteroatoms. The van der Waals surface area contributed by atoms with Crippen LogP contribution in [-0.2, 0) is 6.54 Å². The number of hydrogen-bond acceptors (Lipinski definition) is 2. The van der Waals surface area contributed by atoms with Crippen LogP contribution in [0.3, 0.4) is 0 Å². The molecule has 0 fully saturated rings. The second-order valence-electron chi connectivity index (χ2n) is 3.35. The van der Waals surface area contributed by atoms with Crippen LogP contribution in [0.2, 0.25) is 0 Å². The maximum absolute atomic E-state index is 12.7. The third-order valence-electron chi connectivity index (χ3n) is 1.81. The molecule has 2 nitrogen and oxygen atoms in total. The predicted octanol–water partition coefficient (Wildman–Crippen LogP) is 1.57. The van der Waals surface area contributed by atoms with Gasteiger partial charge in [-0.1, -0.05) is 0 Å². The fourth-order valence-electron chi connectivity index (χ4n) is 1.14. The predicted molar refractivity (Wildman–Crippen MR) is 49.7 cm³/mol. The van der Waals surface area contributed by atoms with Gasteiger partial charge in [-0.15, -0.1) is 0 Å². The molecule has 0 saturated carbocycles. The van der Waals surface area contributed by atoms with E-state index in [2.05, 4.69) is 5.32 Å². The van der Waals surface area contributed by atoms with Crippen molar-refractivity contribution in [1.29, 1.82) is 0 Å². The second-order valence-corrected chi connectivity index (χ2v) is 3.35. The third-order valence-corrected chi connectivity index (χ3v) is 1.81. The number of halogens is 3. The number of nitrogens with one attached hydrogen (secondary N) is 1. The molecule has 0 bridgehead atoms. The number of hydrogen-bond donors (Lipinski definition) is 2. The van der Waals surface area contributed by atoms with Crippen molar-refractivity contribution in [3.05, 3.63) is 35.1 Å². The molecule has 0 amide bonds. The summed E-state index contributed by atoms with van der Waals surface area (Å²) in [4.78, 5) is 0. The first kappa shape index (κ1) is 12.0. The van der Waals surface area contributed by atoms with E-state index in [1.165, 1.54) is 0 Å². The zero-order valence-corrected chi connectivity index (χ0v) is 8.23. The Morgan fingerprint density at radius 3 is 2.27 bits per heavy atom. The average molecular weight is 219 g/mol. The molecule has 1 atom stereocenters. The maximum atomic E-state index is 12.7. The fourth-order valence-corrected chi connectivity index (χ4v) is 1.14. The van der Waals surface area contributed by atoms with Crippen molar-refractivity contribution in [3.8, 4) is 0 Å². The van der Waals surface area contributed by atoms with Gasteiger partial charge in [0, 0.05) is 13.1 Å². The molecule has 1 aromatic carbocycles. The van der Waals surface area contributed by atoms with E-state index in [1.807, 2.05) is 0 Å². The van der Waals surface area contributed by atoms with Crippen molar-refractivity contribution >= 4 is 0 Å². The minimum atomic E-state index is -1.46.